The van der Waals surface area contributed by atoms with Gasteiger partial charge in [-0.25, -0.2) is 4.57 Å². The van der Waals surface area contributed by atoms with Crippen LogP contribution in [0.2, 0.25) is 0 Å². The Bertz CT molecular complexity index is 870. The number of phosphoric acid groups is 1. The molecule has 0 saturated heterocycles. The average molecular weight is 685 g/mol. The Morgan fingerprint density at radius 1 is 0.596 bits per heavy atom. The fourth-order valence-electron chi connectivity index (χ4n) is 4.90. The number of carbonyl (C=O) groups excluding carboxylic acids is 2. The van der Waals surface area contributed by atoms with Gasteiger partial charge in [-0.3, -0.25) is 18.6 Å². The van der Waals surface area contributed by atoms with Crippen LogP contribution in [0.5, 0.6) is 0 Å². The lowest BCUT2D eigenvalue weighted by Gasteiger charge is -2.19. The van der Waals surface area contributed by atoms with E-state index in [0.29, 0.717) is 6.42 Å². The molecule has 0 fully saturated rings. The van der Waals surface area contributed by atoms with Gasteiger partial charge in [0.05, 0.1) is 6.61 Å². The number of allylic oxidation sites excluding steroid dienone is 6. The van der Waals surface area contributed by atoms with Gasteiger partial charge in [-0.2, -0.15) is 0 Å². The highest BCUT2D eigenvalue weighted by molar-refractivity contribution is 7.47. The first-order valence-electron chi connectivity index (χ1n) is 18.7. The maximum Gasteiger partial charge on any atom is 0.472 e. The second-order valence-corrected chi connectivity index (χ2v) is 13.9. The standard InChI is InChI=1S/C38H69O8P/c1-4-6-8-10-12-14-16-18-20-22-24-26-28-30-32-37(39)44-34-36(35-45-47(41,42)43-3)46-38(40)33-31-29-27-25-23-21-19-17-15-13-11-9-7-5-2/h11,13,16-19,36H,4-10,12,14-15,20-35H2,1-3H3,(H,41,42)/b13-11-,18-16-,19-17-. The number of rotatable bonds is 34. The third-order valence-corrected chi connectivity index (χ3v) is 8.79. The third kappa shape index (κ3) is 33.9. The van der Waals surface area contributed by atoms with E-state index in [1.165, 1.54) is 51.4 Å². The lowest BCUT2D eigenvalue weighted by molar-refractivity contribution is -0.161. The molecule has 9 heteroatoms. The fraction of sp³-hybridized carbons (Fsp3) is 0.789. The molecule has 0 amide bonds. The Balaban J connectivity index is 4.11. The van der Waals surface area contributed by atoms with Crippen LogP contribution in [0.25, 0.3) is 0 Å². The number of phosphoric ester groups is 1. The summed E-state index contributed by atoms with van der Waals surface area (Å²) in [4.78, 5) is 34.3. The minimum atomic E-state index is -4.26. The number of unbranched alkanes of at least 4 members (excludes halogenated alkanes) is 17. The Kier molecular flexibility index (Phi) is 32.9. The van der Waals surface area contributed by atoms with Crippen molar-refractivity contribution >= 4 is 19.8 Å². The van der Waals surface area contributed by atoms with Crippen molar-refractivity contribution < 1.29 is 37.6 Å². The summed E-state index contributed by atoms with van der Waals surface area (Å²) < 4.78 is 31.8. The number of hydrogen-bond acceptors (Lipinski definition) is 7. The van der Waals surface area contributed by atoms with Crippen LogP contribution in [-0.4, -0.2) is 43.3 Å². The van der Waals surface area contributed by atoms with Crippen LogP contribution in [0, 0.1) is 0 Å². The second kappa shape index (κ2) is 34.1. The summed E-state index contributed by atoms with van der Waals surface area (Å²) in [6.07, 6.45) is 37.6. The van der Waals surface area contributed by atoms with Gasteiger partial charge in [0, 0.05) is 20.0 Å². The summed E-state index contributed by atoms with van der Waals surface area (Å²) in [7, 11) is -3.21. The highest BCUT2D eigenvalue weighted by Gasteiger charge is 2.24. The second-order valence-electron chi connectivity index (χ2n) is 12.3. The molecule has 0 aromatic heterocycles. The molecule has 274 valence electrons. The van der Waals surface area contributed by atoms with E-state index in [4.69, 9.17) is 14.0 Å². The van der Waals surface area contributed by atoms with Crippen LogP contribution < -0.4 is 0 Å². The number of ether oxygens (including phenoxy) is 2. The van der Waals surface area contributed by atoms with E-state index in [-0.39, 0.29) is 25.4 Å². The zero-order chi connectivity index (χ0) is 34.7. The molecule has 47 heavy (non-hydrogen) atoms. The normalized spacial score (nSPS) is 13.9. The zero-order valence-electron chi connectivity index (χ0n) is 30.2. The molecular weight excluding hydrogens is 615 g/mol. The van der Waals surface area contributed by atoms with Gasteiger partial charge >= 0.3 is 19.8 Å². The van der Waals surface area contributed by atoms with Crippen LogP contribution in [0.4, 0.5) is 0 Å². The van der Waals surface area contributed by atoms with Crippen molar-refractivity contribution in [2.75, 3.05) is 20.3 Å². The first kappa shape index (κ1) is 45.3. The first-order chi connectivity index (χ1) is 22.8. The molecule has 2 unspecified atom stereocenters. The van der Waals surface area contributed by atoms with Gasteiger partial charge < -0.3 is 14.4 Å². The molecule has 0 aliphatic carbocycles. The minimum absolute atomic E-state index is 0.227. The zero-order valence-corrected chi connectivity index (χ0v) is 31.1. The Labute approximate surface area is 287 Å². The predicted octanol–water partition coefficient (Wildman–Crippen LogP) is 11.3. The van der Waals surface area contributed by atoms with Gasteiger partial charge in [-0.15, -0.1) is 0 Å². The van der Waals surface area contributed by atoms with Gasteiger partial charge in [-0.1, -0.05) is 127 Å². The van der Waals surface area contributed by atoms with E-state index >= 15 is 0 Å². The van der Waals surface area contributed by atoms with Crippen molar-refractivity contribution in [2.24, 2.45) is 0 Å². The number of esters is 2. The van der Waals surface area contributed by atoms with Crippen molar-refractivity contribution in [3.8, 4) is 0 Å². The summed E-state index contributed by atoms with van der Waals surface area (Å²) in [6, 6.07) is 0. The SMILES string of the molecule is CCCC/C=C\C/C=C\CCCCCCCC(=O)OC(COC(=O)CCCCCCC/C=C\CCCCCCC)COP(=O)(O)OC. The molecule has 0 saturated carbocycles. The largest absolute Gasteiger partial charge is 0.472 e. The van der Waals surface area contributed by atoms with Crippen molar-refractivity contribution in [3.63, 3.8) is 0 Å². The first-order valence-corrected chi connectivity index (χ1v) is 20.2. The number of hydrogen-bond donors (Lipinski definition) is 1. The van der Waals surface area contributed by atoms with Gasteiger partial charge in [0.25, 0.3) is 0 Å². The molecule has 0 aliphatic rings. The quantitative estimate of drug-likeness (QED) is 0.0309. The summed E-state index contributed by atoms with van der Waals surface area (Å²) in [6.45, 7) is 3.80. The van der Waals surface area contributed by atoms with Gasteiger partial charge in [0.1, 0.15) is 6.61 Å². The Hall–Kier alpha value is -1.73. The van der Waals surface area contributed by atoms with Gasteiger partial charge in [-0.05, 0) is 64.2 Å². The molecule has 0 aromatic carbocycles. The molecule has 0 heterocycles. The Morgan fingerprint density at radius 2 is 1.04 bits per heavy atom. The molecule has 8 nitrogen and oxygen atoms in total. The molecule has 0 aliphatic heterocycles. The van der Waals surface area contributed by atoms with Gasteiger partial charge in [0.2, 0.25) is 0 Å². The number of carbonyl (C=O) groups is 2. The molecule has 0 rings (SSSR count). The van der Waals surface area contributed by atoms with Crippen molar-refractivity contribution in [2.45, 2.75) is 174 Å². The fourth-order valence-corrected chi connectivity index (χ4v) is 5.36. The lowest BCUT2D eigenvalue weighted by atomic mass is 10.1. The minimum Gasteiger partial charge on any atom is -0.462 e. The van der Waals surface area contributed by atoms with Crippen LogP contribution in [0.3, 0.4) is 0 Å². The maximum atomic E-state index is 12.4. The van der Waals surface area contributed by atoms with Crippen LogP contribution in [0.15, 0.2) is 36.5 Å². The highest BCUT2D eigenvalue weighted by atomic mass is 31.2. The van der Waals surface area contributed by atoms with Crippen molar-refractivity contribution in [3.05, 3.63) is 36.5 Å². The van der Waals surface area contributed by atoms with E-state index in [1.807, 2.05) is 0 Å². The molecule has 2 atom stereocenters. The summed E-state index contributed by atoms with van der Waals surface area (Å²) in [5.74, 6) is -0.832. The summed E-state index contributed by atoms with van der Waals surface area (Å²) >= 11 is 0. The smallest absolute Gasteiger partial charge is 0.462 e. The average Bonchev–Trinajstić information content (AvgIpc) is 3.06. The highest BCUT2D eigenvalue weighted by Crippen LogP contribution is 2.42. The predicted molar refractivity (Wildman–Crippen MR) is 193 cm³/mol. The monoisotopic (exact) mass is 684 g/mol. The Morgan fingerprint density at radius 3 is 1.57 bits per heavy atom. The van der Waals surface area contributed by atoms with Crippen molar-refractivity contribution in [1.29, 1.82) is 0 Å². The van der Waals surface area contributed by atoms with Gasteiger partial charge in [0.15, 0.2) is 6.10 Å². The van der Waals surface area contributed by atoms with Crippen molar-refractivity contribution in [1.82, 2.24) is 0 Å². The summed E-state index contributed by atoms with van der Waals surface area (Å²) in [5.41, 5.74) is 0. The third-order valence-electron chi connectivity index (χ3n) is 7.86. The lowest BCUT2D eigenvalue weighted by Crippen LogP contribution is -2.29. The van der Waals surface area contributed by atoms with E-state index in [0.717, 1.165) is 90.6 Å². The molecule has 0 bridgehead atoms. The molecule has 0 aromatic rings. The van der Waals surface area contributed by atoms with Crippen LogP contribution in [-0.2, 0) is 32.7 Å². The molecule has 0 spiro atoms. The topological polar surface area (TPSA) is 108 Å². The van der Waals surface area contributed by atoms with E-state index in [9.17, 15) is 19.0 Å². The van der Waals surface area contributed by atoms with E-state index < -0.39 is 26.5 Å². The maximum absolute atomic E-state index is 12.4. The molecule has 0 radical (unpaired) electrons. The molecule has 1 N–H and O–H groups in total. The molecular formula is C38H69O8P. The van der Waals surface area contributed by atoms with Crippen LogP contribution >= 0.6 is 7.82 Å². The van der Waals surface area contributed by atoms with E-state index in [2.05, 4.69) is 54.8 Å². The van der Waals surface area contributed by atoms with Crippen LogP contribution in [0.1, 0.15) is 168 Å². The summed E-state index contributed by atoms with van der Waals surface area (Å²) in [5, 5.41) is 0. The van der Waals surface area contributed by atoms with E-state index in [1.54, 1.807) is 0 Å².